The van der Waals surface area contributed by atoms with Crippen molar-refractivity contribution in [3.05, 3.63) is 0 Å². The van der Waals surface area contributed by atoms with Crippen molar-refractivity contribution in [1.29, 1.82) is 0 Å². The van der Waals surface area contributed by atoms with Crippen molar-refractivity contribution >= 4 is 11.9 Å². The van der Waals surface area contributed by atoms with Gasteiger partial charge in [-0.05, 0) is 25.7 Å². The quantitative estimate of drug-likeness (QED) is 0.427. The molecule has 0 aromatic rings. The predicted molar refractivity (Wildman–Crippen MR) is 59.4 cm³/mol. The number of amides is 1. The molecule has 1 amide bonds. The topological polar surface area (TPSA) is 55.4 Å². The highest BCUT2D eigenvalue weighted by Gasteiger charge is 2.49. The zero-order valence-corrected chi connectivity index (χ0v) is 9.71. The van der Waals surface area contributed by atoms with E-state index in [0.29, 0.717) is 6.42 Å². The van der Waals surface area contributed by atoms with E-state index in [1.54, 1.807) is 6.92 Å². The molecule has 88 valence electrons. The molecule has 1 aliphatic carbocycles. The summed E-state index contributed by atoms with van der Waals surface area (Å²) in [5.41, 5.74) is -0.888. The van der Waals surface area contributed by atoms with Crippen LogP contribution >= 0.6 is 0 Å². The number of hydrogen-bond donors (Lipinski definition) is 1. The molecule has 1 fully saturated rings. The van der Waals surface area contributed by atoms with E-state index in [1.807, 2.05) is 0 Å². The Hall–Kier alpha value is -1.50. The first-order valence-corrected chi connectivity index (χ1v) is 5.40. The number of carbonyl (C=O) groups is 2. The maximum atomic E-state index is 11.9. The molecule has 0 spiro atoms. The van der Waals surface area contributed by atoms with E-state index in [2.05, 4.69) is 11.2 Å². The zero-order chi connectivity index (χ0) is 12.2. The monoisotopic (exact) mass is 223 g/mol. The van der Waals surface area contributed by atoms with Crippen LogP contribution in [0, 0.1) is 18.3 Å². The maximum absolute atomic E-state index is 11.9. The van der Waals surface area contributed by atoms with Gasteiger partial charge >= 0.3 is 5.97 Å². The van der Waals surface area contributed by atoms with Gasteiger partial charge in [0.2, 0.25) is 5.91 Å². The van der Waals surface area contributed by atoms with Gasteiger partial charge in [-0.2, -0.15) is 0 Å². The SMILES string of the molecule is C#CCCOC(=O)C(C)(NC(C)=O)C1CC1. The van der Waals surface area contributed by atoms with Crippen LogP contribution in [0.15, 0.2) is 0 Å². The number of ether oxygens (including phenoxy) is 1. The molecule has 0 aliphatic heterocycles. The van der Waals surface area contributed by atoms with E-state index >= 15 is 0 Å². The molecule has 0 radical (unpaired) electrons. The van der Waals surface area contributed by atoms with Crippen molar-refractivity contribution in [2.24, 2.45) is 5.92 Å². The van der Waals surface area contributed by atoms with E-state index in [1.165, 1.54) is 6.92 Å². The van der Waals surface area contributed by atoms with Crippen LogP contribution < -0.4 is 5.32 Å². The van der Waals surface area contributed by atoms with Crippen molar-refractivity contribution in [2.45, 2.75) is 38.6 Å². The summed E-state index contributed by atoms with van der Waals surface area (Å²) >= 11 is 0. The summed E-state index contributed by atoms with van der Waals surface area (Å²) in [7, 11) is 0. The number of terminal acetylenes is 1. The second-order valence-corrected chi connectivity index (χ2v) is 4.25. The summed E-state index contributed by atoms with van der Waals surface area (Å²) in [4.78, 5) is 22.9. The maximum Gasteiger partial charge on any atom is 0.331 e. The van der Waals surface area contributed by atoms with E-state index in [-0.39, 0.29) is 24.4 Å². The summed E-state index contributed by atoms with van der Waals surface area (Å²) < 4.78 is 5.05. The standard InChI is InChI=1S/C12H17NO3/c1-4-5-8-16-11(15)12(3,10-6-7-10)13-9(2)14/h1,10H,5-8H2,2-3H3,(H,13,14). The largest absolute Gasteiger partial charge is 0.463 e. The van der Waals surface area contributed by atoms with Crippen LogP contribution in [0.1, 0.15) is 33.1 Å². The van der Waals surface area contributed by atoms with E-state index in [0.717, 1.165) is 12.8 Å². The molecular weight excluding hydrogens is 206 g/mol. The molecule has 16 heavy (non-hydrogen) atoms. The lowest BCUT2D eigenvalue weighted by molar-refractivity contribution is -0.153. The Morgan fingerprint density at radius 2 is 2.19 bits per heavy atom. The Morgan fingerprint density at radius 3 is 2.62 bits per heavy atom. The molecule has 1 unspecified atom stereocenters. The summed E-state index contributed by atoms with van der Waals surface area (Å²) in [6.07, 6.45) is 7.35. The van der Waals surface area contributed by atoms with Crippen LogP contribution in [-0.2, 0) is 14.3 Å². The van der Waals surface area contributed by atoms with Crippen LogP contribution in [0.2, 0.25) is 0 Å². The normalized spacial score (nSPS) is 18.1. The summed E-state index contributed by atoms with van der Waals surface area (Å²) in [5, 5.41) is 2.68. The molecule has 1 aliphatic rings. The van der Waals surface area contributed by atoms with Gasteiger partial charge in [-0.25, -0.2) is 4.79 Å². The second kappa shape index (κ2) is 5.02. The number of carbonyl (C=O) groups excluding carboxylic acids is 2. The summed E-state index contributed by atoms with van der Waals surface area (Å²) in [5.74, 6) is 1.98. The third kappa shape index (κ3) is 2.99. The van der Waals surface area contributed by atoms with Gasteiger partial charge in [0.05, 0.1) is 0 Å². The average molecular weight is 223 g/mol. The lowest BCUT2D eigenvalue weighted by Crippen LogP contribution is -2.54. The molecule has 0 saturated heterocycles. The third-order valence-corrected chi connectivity index (χ3v) is 2.73. The Kier molecular flexibility index (Phi) is 3.94. The Balaban J connectivity index is 2.58. The highest BCUT2D eigenvalue weighted by Crippen LogP contribution is 2.40. The molecular formula is C12H17NO3. The molecule has 4 heteroatoms. The van der Waals surface area contributed by atoms with Crippen LogP contribution in [0.25, 0.3) is 0 Å². The molecule has 4 nitrogen and oxygen atoms in total. The van der Waals surface area contributed by atoms with Crippen LogP contribution in [-0.4, -0.2) is 24.0 Å². The van der Waals surface area contributed by atoms with Crippen molar-refractivity contribution < 1.29 is 14.3 Å². The first-order valence-electron chi connectivity index (χ1n) is 5.40. The van der Waals surface area contributed by atoms with Crippen molar-refractivity contribution in [1.82, 2.24) is 5.32 Å². The minimum atomic E-state index is -0.888. The third-order valence-electron chi connectivity index (χ3n) is 2.73. The fourth-order valence-corrected chi connectivity index (χ4v) is 1.70. The minimum Gasteiger partial charge on any atom is -0.463 e. The summed E-state index contributed by atoms with van der Waals surface area (Å²) in [6.45, 7) is 3.32. The van der Waals surface area contributed by atoms with Gasteiger partial charge in [-0.15, -0.1) is 12.3 Å². The molecule has 1 atom stereocenters. The first kappa shape index (κ1) is 12.6. The highest BCUT2D eigenvalue weighted by molar-refractivity contribution is 5.87. The Labute approximate surface area is 95.7 Å². The van der Waals surface area contributed by atoms with Gasteiger partial charge in [0.25, 0.3) is 0 Å². The van der Waals surface area contributed by atoms with Crippen molar-refractivity contribution in [3.63, 3.8) is 0 Å². The molecule has 1 N–H and O–H groups in total. The first-order chi connectivity index (χ1) is 7.50. The van der Waals surface area contributed by atoms with Gasteiger partial charge in [0, 0.05) is 13.3 Å². The Morgan fingerprint density at radius 1 is 1.56 bits per heavy atom. The fraction of sp³-hybridized carbons (Fsp3) is 0.667. The highest BCUT2D eigenvalue weighted by atomic mass is 16.5. The van der Waals surface area contributed by atoms with Crippen LogP contribution in [0.4, 0.5) is 0 Å². The van der Waals surface area contributed by atoms with Gasteiger partial charge in [0.1, 0.15) is 12.1 Å². The van der Waals surface area contributed by atoms with Gasteiger partial charge in [-0.1, -0.05) is 0 Å². The number of rotatable bonds is 5. The number of nitrogens with one attached hydrogen (secondary N) is 1. The van der Waals surface area contributed by atoms with Gasteiger partial charge in [0.15, 0.2) is 0 Å². The van der Waals surface area contributed by atoms with E-state index in [9.17, 15) is 9.59 Å². The fourth-order valence-electron chi connectivity index (χ4n) is 1.70. The lowest BCUT2D eigenvalue weighted by atomic mass is 9.96. The summed E-state index contributed by atoms with van der Waals surface area (Å²) in [6, 6.07) is 0. The zero-order valence-electron chi connectivity index (χ0n) is 9.71. The van der Waals surface area contributed by atoms with E-state index < -0.39 is 5.54 Å². The molecule has 0 heterocycles. The number of esters is 1. The van der Waals surface area contributed by atoms with Crippen molar-refractivity contribution in [2.75, 3.05) is 6.61 Å². The molecule has 0 bridgehead atoms. The van der Waals surface area contributed by atoms with Crippen LogP contribution in [0.3, 0.4) is 0 Å². The molecule has 0 aromatic heterocycles. The Bertz CT molecular complexity index is 328. The average Bonchev–Trinajstić information content (AvgIpc) is 2.99. The molecule has 0 aromatic carbocycles. The smallest absolute Gasteiger partial charge is 0.331 e. The van der Waals surface area contributed by atoms with Crippen molar-refractivity contribution in [3.8, 4) is 12.3 Å². The van der Waals surface area contributed by atoms with Gasteiger partial charge in [-0.3, -0.25) is 4.79 Å². The second-order valence-electron chi connectivity index (χ2n) is 4.25. The lowest BCUT2D eigenvalue weighted by Gasteiger charge is -2.27. The molecule has 1 saturated carbocycles. The predicted octanol–water partition coefficient (Wildman–Crippen LogP) is 0.858. The molecule has 1 rings (SSSR count). The van der Waals surface area contributed by atoms with Crippen LogP contribution in [0.5, 0.6) is 0 Å². The van der Waals surface area contributed by atoms with Gasteiger partial charge < -0.3 is 10.1 Å². The number of hydrogen-bond acceptors (Lipinski definition) is 3. The minimum absolute atomic E-state index is 0.190. The van der Waals surface area contributed by atoms with E-state index in [4.69, 9.17) is 11.2 Å².